The number of hydrogen-bond donors (Lipinski definition) is 2. The van der Waals surface area contributed by atoms with Crippen molar-refractivity contribution in [2.45, 2.75) is 25.5 Å². The van der Waals surface area contributed by atoms with E-state index in [4.69, 9.17) is 9.84 Å². The molecule has 0 spiro atoms. The molecular formula is C12H14N2O4. The molecule has 1 amide bonds. The maximum Gasteiger partial charge on any atom is 0.354 e. The Balaban J connectivity index is 1.86. The van der Waals surface area contributed by atoms with Crippen molar-refractivity contribution >= 4 is 11.9 Å². The van der Waals surface area contributed by atoms with E-state index in [0.717, 1.165) is 18.4 Å². The molecule has 0 radical (unpaired) electrons. The smallest absolute Gasteiger partial charge is 0.354 e. The van der Waals surface area contributed by atoms with E-state index >= 15 is 0 Å². The molecule has 6 nitrogen and oxygen atoms in total. The highest BCUT2D eigenvalue weighted by atomic mass is 16.5. The summed E-state index contributed by atoms with van der Waals surface area (Å²) in [5, 5.41) is 11.4. The van der Waals surface area contributed by atoms with Crippen molar-refractivity contribution < 1.29 is 19.4 Å². The Hall–Kier alpha value is -1.95. The number of carbonyl (C=O) groups excluding carboxylic acids is 1. The van der Waals surface area contributed by atoms with Crippen molar-refractivity contribution in [1.29, 1.82) is 0 Å². The molecular weight excluding hydrogens is 236 g/mol. The van der Waals surface area contributed by atoms with Crippen LogP contribution in [0, 0.1) is 0 Å². The minimum Gasteiger partial charge on any atom is -0.477 e. The SMILES string of the molecule is O=C(O)c1ccc(CNC(=O)[C@@H]2CCCO2)cn1. The lowest BCUT2D eigenvalue weighted by atomic mass is 10.2. The molecule has 2 N–H and O–H groups in total. The van der Waals surface area contributed by atoms with Gasteiger partial charge in [-0.2, -0.15) is 0 Å². The molecule has 6 heteroatoms. The second-order valence-corrected chi connectivity index (χ2v) is 4.08. The molecule has 0 aliphatic carbocycles. The fourth-order valence-corrected chi connectivity index (χ4v) is 1.74. The van der Waals surface area contributed by atoms with E-state index < -0.39 is 5.97 Å². The van der Waals surface area contributed by atoms with Crippen LogP contribution in [-0.2, 0) is 16.1 Å². The lowest BCUT2D eigenvalue weighted by Gasteiger charge is -2.10. The van der Waals surface area contributed by atoms with Gasteiger partial charge in [-0.1, -0.05) is 6.07 Å². The van der Waals surface area contributed by atoms with Crippen LogP contribution < -0.4 is 5.32 Å². The maximum absolute atomic E-state index is 11.6. The molecule has 2 heterocycles. The van der Waals surface area contributed by atoms with Crippen LogP contribution in [0.25, 0.3) is 0 Å². The monoisotopic (exact) mass is 250 g/mol. The maximum atomic E-state index is 11.6. The first kappa shape index (κ1) is 12.5. The van der Waals surface area contributed by atoms with Gasteiger partial charge in [0.1, 0.15) is 11.8 Å². The predicted molar refractivity (Wildman–Crippen MR) is 62.0 cm³/mol. The molecule has 1 aliphatic rings. The van der Waals surface area contributed by atoms with Crippen LogP contribution in [0.1, 0.15) is 28.9 Å². The van der Waals surface area contributed by atoms with Gasteiger partial charge >= 0.3 is 5.97 Å². The standard InChI is InChI=1S/C12H14N2O4/c15-11(10-2-1-5-18-10)14-7-8-3-4-9(12(16)17)13-6-8/h3-4,6,10H,1-2,5,7H2,(H,14,15)(H,16,17)/t10-/m0/s1. The quantitative estimate of drug-likeness (QED) is 0.815. The lowest BCUT2D eigenvalue weighted by Crippen LogP contribution is -2.33. The van der Waals surface area contributed by atoms with Crippen molar-refractivity contribution in [2.75, 3.05) is 6.61 Å². The van der Waals surface area contributed by atoms with Crippen LogP contribution in [0.5, 0.6) is 0 Å². The average molecular weight is 250 g/mol. The Morgan fingerprint density at radius 2 is 2.33 bits per heavy atom. The van der Waals surface area contributed by atoms with Crippen LogP contribution in [-0.4, -0.2) is 34.7 Å². The summed E-state index contributed by atoms with van der Waals surface area (Å²) in [6, 6.07) is 3.04. The summed E-state index contributed by atoms with van der Waals surface area (Å²) >= 11 is 0. The third-order valence-electron chi connectivity index (χ3n) is 2.73. The van der Waals surface area contributed by atoms with E-state index in [1.807, 2.05) is 0 Å². The summed E-state index contributed by atoms with van der Waals surface area (Å²) in [6.45, 7) is 0.957. The molecule has 1 fully saturated rings. The Morgan fingerprint density at radius 1 is 1.50 bits per heavy atom. The van der Waals surface area contributed by atoms with E-state index in [0.29, 0.717) is 13.2 Å². The number of carbonyl (C=O) groups is 2. The number of rotatable bonds is 4. The van der Waals surface area contributed by atoms with Gasteiger partial charge in [-0.15, -0.1) is 0 Å². The summed E-state index contributed by atoms with van der Waals surface area (Å²) < 4.78 is 5.25. The van der Waals surface area contributed by atoms with Gasteiger partial charge in [-0.25, -0.2) is 9.78 Å². The lowest BCUT2D eigenvalue weighted by molar-refractivity contribution is -0.130. The second-order valence-electron chi connectivity index (χ2n) is 4.08. The van der Waals surface area contributed by atoms with E-state index in [1.54, 1.807) is 6.07 Å². The van der Waals surface area contributed by atoms with Crippen molar-refractivity contribution in [2.24, 2.45) is 0 Å². The van der Waals surface area contributed by atoms with Gasteiger partial charge in [0.05, 0.1) is 0 Å². The van der Waals surface area contributed by atoms with Gasteiger partial charge in [0, 0.05) is 19.3 Å². The minimum atomic E-state index is -1.06. The molecule has 0 unspecified atom stereocenters. The number of aromatic carboxylic acids is 1. The number of ether oxygens (including phenoxy) is 1. The molecule has 1 saturated heterocycles. The summed E-state index contributed by atoms with van der Waals surface area (Å²) in [7, 11) is 0. The summed E-state index contributed by atoms with van der Waals surface area (Å²) in [5.41, 5.74) is 0.746. The van der Waals surface area contributed by atoms with Gasteiger partial charge in [0.2, 0.25) is 5.91 Å². The first-order valence-corrected chi connectivity index (χ1v) is 5.74. The predicted octanol–water partition coefficient (Wildman–Crippen LogP) is 0.575. The molecule has 18 heavy (non-hydrogen) atoms. The zero-order valence-electron chi connectivity index (χ0n) is 9.76. The molecule has 0 saturated carbocycles. The average Bonchev–Trinajstić information content (AvgIpc) is 2.90. The fourth-order valence-electron chi connectivity index (χ4n) is 1.74. The Bertz CT molecular complexity index is 438. The second kappa shape index (κ2) is 5.59. The zero-order valence-corrected chi connectivity index (χ0v) is 9.76. The molecule has 0 aromatic carbocycles. The van der Waals surface area contributed by atoms with Gasteiger partial charge in [0.25, 0.3) is 0 Å². The Morgan fingerprint density at radius 3 is 2.89 bits per heavy atom. The topological polar surface area (TPSA) is 88.5 Å². The number of carboxylic acids is 1. The van der Waals surface area contributed by atoms with E-state index in [1.165, 1.54) is 12.3 Å². The number of carboxylic acid groups (broad SMARTS) is 1. The van der Waals surface area contributed by atoms with Crippen molar-refractivity contribution in [3.05, 3.63) is 29.6 Å². The summed E-state index contributed by atoms with van der Waals surface area (Å²) in [6.07, 6.45) is 2.75. The Kier molecular flexibility index (Phi) is 3.88. The van der Waals surface area contributed by atoms with Crippen LogP contribution in [0.2, 0.25) is 0 Å². The van der Waals surface area contributed by atoms with Gasteiger partial charge in [-0.05, 0) is 24.5 Å². The van der Waals surface area contributed by atoms with Crippen LogP contribution in [0.3, 0.4) is 0 Å². The van der Waals surface area contributed by atoms with Crippen molar-refractivity contribution in [1.82, 2.24) is 10.3 Å². The van der Waals surface area contributed by atoms with Gasteiger partial charge in [-0.3, -0.25) is 4.79 Å². The molecule has 1 atom stereocenters. The molecule has 2 rings (SSSR count). The number of aromatic nitrogens is 1. The van der Waals surface area contributed by atoms with Crippen molar-refractivity contribution in [3.8, 4) is 0 Å². The number of nitrogens with one attached hydrogen (secondary N) is 1. The molecule has 1 aromatic rings. The first-order chi connectivity index (χ1) is 8.66. The molecule has 1 aliphatic heterocycles. The number of nitrogens with zero attached hydrogens (tertiary/aromatic N) is 1. The third kappa shape index (κ3) is 3.04. The van der Waals surface area contributed by atoms with Crippen LogP contribution >= 0.6 is 0 Å². The Labute approximate surface area is 104 Å². The number of hydrogen-bond acceptors (Lipinski definition) is 4. The zero-order chi connectivity index (χ0) is 13.0. The minimum absolute atomic E-state index is 0.01000. The highest BCUT2D eigenvalue weighted by molar-refractivity contribution is 5.85. The van der Waals surface area contributed by atoms with Crippen LogP contribution in [0.15, 0.2) is 18.3 Å². The normalized spacial score (nSPS) is 18.6. The molecule has 1 aromatic heterocycles. The van der Waals surface area contributed by atoms with Gasteiger partial charge < -0.3 is 15.2 Å². The highest BCUT2D eigenvalue weighted by Crippen LogP contribution is 2.12. The van der Waals surface area contributed by atoms with E-state index in [-0.39, 0.29) is 17.7 Å². The van der Waals surface area contributed by atoms with Crippen molar-refractivity contribution in [3.63, 3.8) is 0 Å². The molecule has 0 bridgehead atoms. The summed E-state index contributed by atoms with van der Waals surface area (Å²) in [5.74, 6) is -1.19. The number of pyridine rings is 1. The van der Waals surface area contributed by atoms with E-state index in [2.05, 4.69) is 10.3 Å². The number of amides is 1. The van der Waals surface area contributed by atoms with E-state index in [9.17, 15) is 9.59 Å². The largest absolute Gasteiger partial charge is 0.477 e. The first-order valence-electron chi connectivity index (χ1n) is 5.74. The fraction of sp³-hybridized carbons (Fsp3) is 0.417. The third-order valence-corrected chi connectivity index (χ3v) is 2.73. The van der Waals surface area contributed by atoms with Gasteiger partial charge in [0.15, 0.2) is 0 Å². The van der Waals surface area contributed by atoms with Crippen LogP contribution in [0.4, 0.5) is 0 Å². The molecule has 96 valence electrons. The summed E-state index contributed by atoms with van der Waals surface area (Å²) in [4.78, 5) is 26.0. The highest BCUT2D eigenvalue weighted by Gasteiger charge is 2.22.